The highest BCUT2D eigenvalue weighted by molar-refractivity contribution is 5.94. The number of benzene rings is 2. The quantitative estimate of drug-likeness (QED) is 0.630. The zero-order chi connectivity index (χ0) is 16.7. The van der Waals surface area contributed by atoms with Gasteiger partial charge in [-0.25, -0.2) is 14.6 Å². The van der Waals surface area contributed by atoms with E-state index >= 15 is 0 Å². The first-order valence-electron chi connectivity index (χ1n) is 6.58. The van der Waals surface area contributed by atoms with Gasteiger partial charge in [-0.1, -0.05) is 0 Å². The van der Waals surface area contributed by atoms with Crippen LogP contribution in [0.25, 0.3) is 0 Å². The van der Waals surface area contributed by atoms with Gasteiger partial charge in [0.15, 0.2) is 6.61 Å². The molecule has 0 saturated carbocycles. The number of nitrogens with zero attached hydrogens (tertiary/aromatic N) is 1. The lowest BCUT2D eigenvalue weighted by Gasteiger charge is -2.03. The lowest BCUT2D eigenvalue weighted by molar-refractivity contribution is -0.139. The third kappa shape index (κ3) is 5.24. The molecule has 1 amide bonds. The Labute approximate surface area is 131 Å². The van der Waals surface area contributed by atoms with Crippen molar-refractivity contribution in [2.75, 3.05) is 6.61 Å². The Kier molecular flexibility index (Phi) is 5.40. The Morgan fingerprint density at radius 3 is 2.39 bits per heavy atom. The van der Waals surface area contributed by atoms with Crippen LogP contribution in [0.2, 0.25) is 0 Å². The van der Waals surface area contributed by atoms with E-state index in [9.17, 15) is 14.0 Å². The van der Waals surface area contributed by atoms with Gasteiger partial charge in [-0.3, -0.25) is 4.79 Å². The normalized spacial score (nSPS) is 10.5. The average Bonchev–Trinajstić information content (AvgIpc) is 2.54. The van der Waals surface area contributed by atoms with Crippen molar-refractivity contribution in [2.24, 2.45) is 5.10 Å². The summed E-state index contributed by atoms with van der Waals surface area (Å²) in [6.07, 6.45) is 1.42. The second-order valence-corrected chi connectivity index (χ2v) is 4.46. The molecule has 0 saturated heterocycles. The molecule has 2 aromatic carbocycles. The van der Waals surface area contributed by atoms with Crippen LogP contribution in [0.4, 0.5) is 4.39 Å². The molecule has 7 heteroatoms. The molecule has 0 radical (unpaired) electrons. The molecule has 6 nitrogen and oxygen atoms in total. The van der Waals surface area contributed by atoms with E-state index in [4.69, 9.17) is 9.84 Å². The molecular weight excluding hydrogens is 303 g/mol. The van der Waals surface area contributed by atoms with E-state index in [1.165, 1.54) is 30.5 Å². The molecule has 0 heterocycles. The number of aliphatic carboxylic acids is 1. The molecule has 0 aromatic heterocycles. The fourth-order valence-electron chi connectivity index (χ4n) is 1.63. The predicted octanol–water partition coefficient (Wildman–Crippen LogP) is 2.05. The van der Waals surface area contributed by atoms with Crippen molar-refractivity contribution in [3.05, 3.63) is 65.5 Å². The van der Waals surface area contributed by atoms with Gasteiger partial charge in [0.05, 0.1) is 6.21 Å². The highest BCUT2D eigenvalue weighted by atomic mass is 19.1. The van der Waals surface area contributed by atoms with E-state index in [1.807, 2.05) is 0 Å². The monoisotopic (exact) mass is 316 g/mol. The summed E-state index contributed by atoms with van der Waals surface area (Å²) in [5, 5.41) is 12.3. The summed E-state index contributed by atoms with van der Waals surface area (Å²) in [6.45, 7) is -0.416. The van der Waals surface area contributed by atoms with E-state index < -0.39 is 24.3 Å². The molecule has 0 aliphatic rings. The van der Waals surface area contributed by atoms with Crippen LogP contribution in [0.1, 0.15) is 15.9 Å². The molecule has 0 bridgehead atoms. The number of nitrogens with one attached hydrogen (secondary N) is 1. The molecule has 2 N–H and O–H groups in total. The van der Waals surface area contributed by atoms with Crippen LogP contribution in [0, 0.1) is 5.82 Å². The van der Waals surface area contributed by atoms with Crippen molar-refractivity contribution < 1.29 is 23.8 Å². The van der Waals surface area contributed by atoms with Crippen molar-refractivity contribution in [1.29, 1.82) is 0 Å². The van der Waals surface area contributed by atoms with Crippen LogP contribution in [0.15, 0.2) is 53.6 Å². The lowest BCUT2D eigenvalue weighted by atomic mass is 10.2. The van der Waals surface area contributed by atoms with Gasteiger partial charge in [0.2, 0.25) is 0 Å². The molecular formula is C16H13FN2O4. The number of carboxylic acids is 1. The maximum Gasteiger partial charge on any atom is 0.341 e. The summed E-state index contributed by atoms with van der Waals surface area (Å²) < 4.78 is 17.7. The zero-order valence-electron chi connectivity index (χ0n) is 11.9. The van der Waals surface area contributed by atoms with Crippen LogP contribution in [-0.4, -0.2) is 29.8 Å². The third-order valence-electron chi connectivity index (χ3n) is 2.73. The van der Waals surface area contributed by atoms with Gasteiger partial charge in [0.25, 0.3) is 5.91 Å². The molecule has 0 atom stereocenters. The number of rotatable bonds is 6. The maximum absolute atomic E-state index is 12.8. The van der Waals surface area contributed by atoms with Crippen molar-refractivity contribution >= 4 is 18.1 Å². The number of amides is 1. The summed E-state index contributed by atoms with van der Waals surface area (Å²) in [5.41, 5.74) is 3.30. The summed E-state index contributed by atoms with van der Waals surface area (Å²) in [5.74, 6) is -1.52. The van der Waals surface area contributed by atoms with Crippen LogP contribution in [-0.2, 0) is 4.79 Å². The van der Waals surface area contributed by atoms with Crippen LogP contribution in [0.3, 0.4) is 0 Å². The number of hydrazone groups is 1. The fourth-order valence-corrected chi connectivity index (χ4v) is 1.63. The smallest absolute Gasteiger partial charge is 0.341 e. The van der Waals surface area contributed by atoms with Crippen molar-refractivity contribution in [3.8, 4) is 5.75 Å². The molecule has 0 aliphatic heterocycles. The van der Waals surface area contributed by atoms with Crippen molar-refractivity contribution in [3.63, 3.8) is 0 Å². The molecule has 2 aromatic rings. The number of halogens is 1. The molecule has 0 spiro atoms. The molecule has 0 unspecified atom stereocenters. The molecule has 23 heavy (non-hydrogen) atoms. The SMILES string of the molecule is O=C(O)COc1ccc(C=NNC(=O)c2ccc(F)cc2)cc1. The number of hydrogen-bond donors (Lipinski definition) is 2. The van der Waals surface area contributed by atoms with E-state index in [1.54, 1.807) is 24.3 Å². The summed E-state index contributed by atoms with van der Waals surface area (Å²) in [4.78, 5) is 22.1. The first kappa shape index (κ1) is 16.2. The fraction of sp³-hybridized carbons (Fsp3) is 0.0625. The number of hydrogen-bond acceptors (Lipinski definition) is 4. The molecule has 0 aliphatic carbocycles. The van der Waals surface area contributed by atoms with E-state index in [0.29, 0.717) is 16.9 Å². The minimum Gasteiger partial charge on any atom is -0.482 e. The van der Waals surface area contributed by atoms with E-state index in [0.717, 1.165) is 0 Å². The van der Waals surface area contributed by atoms with Gasteiger partial charge in [-0.2, -0.15) is 5.10 Å². The topological polar surface area (TPSA) is 88.0 Å². The van der Waals surface area contributed by atoms with Gasteiger partial charge in [-0.05, 0) is 54.1 Å². The Balaban J connectivity index is 1.88. The molecule has 118 valence electrons. The Morgan fingerprint density at radius 1 is 1.13 bits per heavy atom. The van der Waals surface area contributed by atoms with Gasteiger partial charge in [0.1, 0.15) is 11.6 Å². The Bertz CT molecular complexity index is 712. The number of ether oxygens (including phenoxy) is 1. The predicted molar refractivity (Wildman–Crippen MR) is 81.0 cm³/mol. The van der Waals surface area contributed by atoms with Crippen LogP contribution in [0.5, 0.6) is 5.75 Å². The van der Waals surface area contributed by atoms with Crippen molar-refractivity contribution in [2.45, 2.75) is 0 Å². The largest absolute Gasteiger partial charge is 0.482 e. The summed E-state index contributed by atoms with van der Waals surface area (Å²) in [6, 6.07) is 11.6. The number of carboxylic acid groups (broad SMARTS) is 1. The zero-order valence-corrected chi connectivity index (χ0v) is 11.9. The minimum atomic E-state index is -1.06. The Morgan fingerprint density at radius 2 is 1.78 bits per heavy atom. The van der Waals surface area contributed by atoms with E-state index in [2.05, 4.69) is 10.5 Å². The summed E-state index contributed by atoms with van der Waals surface area (Å²) >= 11 is 0. The van der Waals surface area contributed by atoms with E-state index in [-0.39, 0.29) is 0 Å². The van der Waals surface area contributed by atoms with Crippen LogP contribution < -0.4 is 10.2 Å². The standard InChI is InChI=1S/C16H13FN2O4/c17-13-5-3-12(4-6-13)16(22)19-18-9-11-1-7-14(8-2-11)23-10-15(20)21/h1-9H,10H2,(H,19,22)(H,20,21). The van der Waals surface area contributed by atoms with Crippen molar-refractivity contribution in [1.82, 2.24) is 5.43 Å². The number of carbonyl (C=O) groups is 2. The second kappa shape index (κ2) is 7.69. The second-order valence-electron chi connectivity index (χ2n) is 4.46. The van der Waals surface area contributed by atoms with Gasteiger partial charge >= 0.3 is 5.97 Å². The maximum atomic E-state index is 12.8. The molecule has 0 fully saturated rings. The summed E-state index contributed by atoms with van der Waals surface area (Å²) in [7, 11) is 0. The first-order valence-corrected chi connectivity index (χ1v) is 6.58. The van der Waals surface area contributed by atoms with Gasteiger partial charge in [-0.15, -0.1) is 0 Å². The lowest BCUT2D eigenvalue weighted by Crippen LogP contribution is -2.17. The number of carbonyl (C=O) groups excluding carboxylic acids is 1. The minimum absolute atomic E-state index is 0.293. The first-order chi connectivity index (χ1) is 11.0. The molecule has 2 rings (SSSR count). The van der Waals surface area contributed by atoms with Crippen LogP contribution >= 0.6 is 0 Å². The highest BCUT2D eigenvalue weighted by Gasteiger charge is 2.03. The highest BCUT2D eigenvalue weighted by Crippen LogP contribution is 2.10. The van der Waals surface area contributed by atoms with Gasteiger partial charge in [0, 0.05) is 5.56 Å². The van der Waals surface area contributed by atoms with Gasteiger partial charge < -0.3 is 9.84 Å². The third-order valence-corrected chi connectivity index (χ3v) is 2.73. The average molecular weight is 316 g/mol. The Hall–Kier alpha value is -3.22.